The molecule has 0 aliphatic rings. The Balaban J connectivity index is 3.30. The number of allylic oxidation sites excluding steroid dienone is 3. The van der Waals surface area contributed by atoms with Gasteiger partial charge in [-0.15, -0.1) is 0 Å². The first kappa shape index (κ1) is 24.6. The lowest BCUT2D eigenvalue weighted by Gasteiger charge is -2.03. The summed E-state index contributed by atoms with van der Waals surface area (Å²) in [6.45, 7) is 2.27. The van der Waals surface area contributed by atoms with Crippen LogP contribution in [0.3, 0.4) is 0 Å². The van der Waals surface area contributed by atoms with Gasteiger partial charge in [-0.05, 0) is 12.5 Å². The average molecular weight is 365 g/mol. The van der Waals surface area contributed by atoms with Crippen LogP contribution in [0.15, 0.2) is 24.3 Å². The molecule has 0 saturated carbocycles. The highest BCUT2D eigenvalue weighted by molar-refractivity contribution is 5.90. The molecule has 0 rings (SSSR count). The second-order valence-corrected chi connectivity index (χ2v) is 7.05. The van der Waals surface area contributed by atoms with Crippen molar-refractivity contribution in [3.05, 3.63) is 24.3 Å². The fraction of sp³-hybridized carbons (Fsp3) is 0.739. The number of unbranched alkanes of at least 4 members (excludes halogenated alkanes) is 13. The highest BCUT2D eigenvalue weighted by Crippen LogP contribution is 2.13. The van der Waals surface area contributed by atoms with Crippen molar-refractivity contribution in [2.45, 2.75) is 103 Å². The Morgan fingerprint density at radius 1 is 0.654 bits per heavy atom. The van der Waals surface area contributed by atoms with Crippen LogP contribution in [0.5, 0.6) is 0 Å². The van der Waals surface area contributed by atoms with Crippen molar-refractivity contribution >= 4 is 11.8 Å². The van der Waals surface area contributed by atoms with Crippen molar-refractivity contribution in [3.8, 4) is 0 Å². The maximum Gasteiger partial charge on any atom is 0.330 e. The van der Waals surface area contributed by atoms with Crippen LogP contribution < -0.4 is 0 Å². The van der Waals surface area contributed by atoms with Crippen molar-refractivity contribution in [1.29, 1.82) is 0 Å². The number of carbonyl (C=O) groups is 2. The van der Waals surface area contributed by atoms with Gasteiger partial charge in [-0.2, -0.15) is 0 Å². The number of esters is 1. The predicted molar refractivity (Wildman–Crippen MR) is 110 cm³/mol. The lowest BCUT2D eigenvalue weighted by atomic mass is 10.0. The lowest BCUT2D eigenvalue weighted by molar-refractivity contribution is -0.134. The molecule has 0 heterocycles. The Morgan fingerprint density at radius 2 is 1.08 bits per heavy atom. The molecule has 0 radical (unpaired) electrons. The fourth-order valence-electron chi connectivity index (χ4n) is 2.94. The number of ether oxygens (including phenoxy) is 1. The van der Waals surface area contributed by atoms with Crippen LogP contribution in [-0.2, 0) is 14.3 Å². The van der Waals surface area contributed by atoms with E-state index in [-0.39, 0.29) is 5.78 Å². The first-order chi connectivity index (χ1) is 12.7. The zero-order valence-corrected chi connectivity index (χ0v) is 17.1. The van der Waals surface area contributed by atoms with Gasteiger partial charge < -0.3 is 4.74 Å². The quantitative estimate of drug-likeness (QED) is 0.117. The van der Waals surface area contributed by atoms with Crippen LogP contribution in [0.25, 0.3) is 0 Å². The highest BCUT2D eigenvalue weighted by Gasteiger charge is 1.97. The van der Waals surface area contributed by atoms with Gasteiger partial charge in [0.1, 0.15) is 0 Å². The van der Waals surface area contributed by atoms with E-state index in [9.17, 15) is 9.59 Å². The SMILES string of the molecule is CCCCCCCCCCCCCCCCC(=O)/C=C\C=C\C(=O)OC. The molecule has 0 aliphatic heterocycles. The third-order valence-corrected chi connectivity index (χ3v) is 4.60. The maximum absolute atomic E-state index is 11.6. The molecule has 0 aliphatic carbocycles. The first-order valence-corrected chi connectivity index (χ1v) is 10.7. The van der Waals surface area contributed by atoms with E-state index in [2.05, 4.69) is 11.7 Å². The first-order valence-electron chi connectivity index (χ1n) is 10.7. The maximum atomic E-state index is 11.6. The minimum absolute atomic E-state index is 0.124. The number of carbonyl (C=O) groups excluding carboxylic acids is 2. The lowest BCUT2D eigenvalue weighted by Crippen LogP contribution is -1.94. The van der Waals surface area contributed by atoms with Gasteiger partial charge in [-0.1, -0.05) is 103 Å². The summed E-state index contributed by atoms with van der Waals surface area (Å²) in [7, 11) is 1.33. The van der Waals surface area contributed by atoms with Crippen LogP contribution in [0.1, 0.15) is 103 Å². The summed E-state index contributed by atoms with van der Waals surface area (Å²) in [6.07, 6.45) is 25.1. The zero-order chi connectivity index (χ0) is 19.3. The third kappa shape index (κ3) is 19.0. The standard InChI is InChI=1S/C23H40O3/c1-3-4-5-6-7-8-9-10-11-12-13-14-15-16-19-22(24)20-17-18-21-23(25)26-2/h17-18,20-21H,3-16,19H2,1-2H3/b20-17-,21-18+. The smallest absolute Gasteiger partial charge is 0.330 e. The summed E-state index contributed by atoms with van der Waals surface area (Å²) in [5.74, 6) is -0.285. The van der Waals surface area contributed by atoms with Crippen LogP contribution in [0.4, 0.5) is 0 Å². The summed E-state index contributed by atoms with van der Waals surface area (Å²) in [4.78, 5) is 22.5. The topological polar surface area (TPSA) is 43.4 Å². The minimum Gasteiger partial charge on any atom is -0.466 e. The van der Waals surface area contributed by atoms with E-state index in [4.69, 9.17) is 0 Å². The molecular formula is C23H40O3. The van der Waals surface area contributed by atoms with Crippen molar-refractivity contribution in [3.63, 3.8) is 0 Å². The van der Waals surface area contributed by atoms with Gasteiger partial charge in [0.2, 0.25) is 0 Å². The molecule has 0 aromatic rings. The summed E-state index contributed by atoms with van der Waals surface area (Å²) in [5.41, 5.74) is 0. The van der Waals surface area contributed by atoms with Crippen LogP contribution >= 0.6 is 0 Å². The van der Waals surface area contributed by atoms with Crippen LogP contribution in [-0.4, -0.2) is 18.9 Å². The summed E-state index contributed by atoms with van der Waals surface area (Å²) >= 11 is 0. The van der Waals surface area contributed by atoms with Crippen molar-refractivity contribution in [2.75, 3.05) is 7.11 Å². The van der Waals surface area contributed by atoms with E-state index < -0.39 is 5.97 Å². The van der Waals surface area contributed by atoms with Gasteiger partial charge in [0, 0.05) is 12.5 Å². The van der Waals surface area contributed by atoms with E-state index in [0.29, 0.717) is 6.42 Å². The Kier molecular flexibility index (Phi) is 18.9. The highest BCUT2D eigenvalue weighted by atomic mass is 16.5. The molecule has 0 saturated heterocycles. The second kappa shape index (κ2) is 19.9. The van der Waals surface area contributed by atoms with Gasteiger partial charge in [0.15, 0.2) is 5.78 Å². The van der Waals surface area contributed by atoms with E-state index >= 15 is 0 Å². The van der Waals surface area contributed by atoms with E-state index in [1.807, 2.05) is 0 Å². The Morgan fingerprint density at radius 3 is 1.54 bits per heavy atom. The summed E-state index contributed by atoms with van der Waals surface area (Å²) < 4.78 is 4.47. The van der Waals surface area contributed by atoms with E-state index in [1.54, 1.807) is 6.08 Å². The Labute approximate surface area is 161 Å². The normalized spacial score (nSPS) is 11.5. The van der Waals surface area contributed by atoms with E-state index in [0.717, 1.165) is 12.8 Å². The molecule has 3 heteroatoms. The van der Waals surface area contributed by atoms with Crippen LogP contribution in [0, 0.1) is 0 Å². The number of hydrogen-bond donors (Lipinski definition) is 0. The largest absolute Gasteiger partial charge is 0.466 e. The van der Waals surface area contributed by atoms with Crippen LogP contribution in [0.2, 0.25) is 0 Å². The monoisotopic (exact) mass is 364 g/mol. The fourth-order valence-corrected chi connectivity index (χ4v) is 2.94. The number of hydrogen-bond acceptors (Lipinski definition) is 3. The number of methoxy groups -OCH3 is 1. The molecule has 0 aromatic carbocycles. The second-order valence-electron chi connectivity index (χ2n) is 7.05. The molecule has 26 heavy (non-hydrogen) atoms. The molecule has 0 amide bonds. The Hall–Kier alpha value is -1.38. The van der Waals surface area contributed by atoms with Gasteiger partial charge in [0.05, 0.1) is 7.11 Å². The van der Waals surface area contributed by atoms with Gasteiger partial charge in [-0.25, -0.2) is 4.79 Å². The summed E-state index contributed by atoms with van der Waals surface area (Å²) in [5, 5.41) is 0. The van der Waals surface area contributed by atoms with Crippen molar-refractivity contribution in [1.82, 2.24) is 0 Å². The molecule has 3 nitrogen and oxygen atoms in total. The predicted octanol–water partition coefficient (Wildman–Crippen LogP) is 6.71. The molecule has 0 spiro atoms. The molecule has 0 unspecified atom stereocenters. The number of rotatable bonds is 18. The molecular weight excluding hydrogens is 324 g/mol. The van der Waals surface area contributed by atoms with Crippen molar-refractivity contribution < 1.29 is 14.3 Å². The number of ketones is 1. The zero-order valence-electron chi connectivity index (χ0n) is 17.1. The molecule has 0 aromatic heterocycles. The van der Waals surface area contributed by atoms with Gasteiger partial charge in [0.25, 0.3) is 0 Å². The molecule has 0 N–H and O–H groups in total. The van der Waals surface area contributed by atoms with Gasteiger partial charge in [-0.3, -0.25) is 4.79 Å². The molecule has 0 bridgehead atoms. The average Bonchev–Trinajstić information content (AvgIpc) is 2.65. The Bertz CT molecular complexity index is 396. The van der Waals surface area contributed by atoms with Crippen molar-refractivity contribution in [2.24, 2.45) is 0 Å². The molecule has 0 fully saturated rings. The van der Waals surface area contributed by atoms with E-state index in [1.165, 1.54) is 102 Å². The minimum atomic E-state index is -0.408. The third-order valence-electron chi connectivity index (χ3n) is 4.60. The molecule has 0 atom stereocenters. The molecule has 150 valence electrons. The summed E-state index contributed by atoms with van der Waals surface area (Å²) in [6, 6.07) is 0. The van der Waals surface area contributed by atoms with Gasteiger partial charge >= 0.3 is 5.97 Å².